The third kappa shape index (κ3) is 4.21. The van der Waals surface area contributed by atoms with E-state index in [4.69, 9.17) is 0 Å². The van der Waals surface area contributed by atoms with E-state index in [0.29, 0.717) is 0 Å². The molecule has 0 aliphatic rings. The summed E-state index contributed by atoms with van der Waals surface area (Å²) >= 11 is 1.91. The minimum absolute atomic E-state index is 0.0906. The van der Waals surface area contributed by atoms with Crippen LogP contribution in [0.5, 0.6) is 0 Å². The Balaban J connectivity index is 1.34. The van der Waals surface area contributed by atoms with Crippen LogP contribution in [-0.2, 0) is 5.41 Å². The van der Waals surface area contributed by atoms with Gasteiger partial charge in [-0.05, 0) is 57.6 Å². The molecule has 1 nitrogen and oxygen atoms in total. The molecule has 0 unspecified atom stereocenters. The number of hydrogen-bond donors (Lipinski definition) is 0. The third-order valence-electron chi connectivity index (χ3n) is 8.95. The van der Waals surface area contributed by atoms with Gasteiger partial charge in [0.25, 0.3) is 0 Å². The third-order valence-corrected chi connectivity index (χ3v) is 10.2. The molecule has 1 heterocycles. The fourth-order valence-corrected chi connectivity index (χ4v) is 7.93. The topological polar surface area (TPSA) is 3.24 Å². The van der Waals surface area contributed by atoms with Crippen LogP contribution in [0.4, 0.5) is 17.1 Å². The lowest BCUT2D eigenvalue weighted by Gasteiger charge is -2.29. The van der Waals surface area contributed by atoms with Gasteiger partial charge in [0.2, 0.25) is 0 Å². The maximum atomic E-state index is 2.41. The summed E-state index contributed by atoms with van der Waals surface area (Å²) in [5.41, 5.74) is 6.03. The molecule has 1 aromatic heterocycles. The Morgan fingerprint density at radius 3 is 1.81 bits per heavy atom. The molecule has 0 fully saturated rings. The second kappa shape index (κ2) is 10.1. The van der Waals surface area contributed by atoms with Crippen LogP contribution in [-0.4, -0.2) is 0 Å². The summed E-state index contributed by atoms with van der Waals surface area (Å²) < 4.78 is 2.65. The number of fused-ring (bicyclic) bond motifs is 7. The van der Waals surface area contributed by atoms with Crippen molar-refractivity contribution in [2.75, 3.05) is 4.90 Å². The highest BCUT2D eigenvalue weighted by Gasteiger charge is 2.24. The Morgan fingerprint density at radius 2 is 1.02 bits per heavy atom. The molecular weight excluding hydrogens is 539 g/mol. The van der Waals surface area contributed by atoms with Crippen LogP contribution in [0.3, 0.4) is 0 Å². The molecule has 0 aliphatic heterocycles. The molecule has 8 aromatic rings. The summed E-state index contributed by atoms with van der Waals surface area (Å²) in [6, 6.07) is 55.3. The Bertz CT molecular complexity index is 2240. The number of rotatable bonds is 5. The number of benzene rings is 7. The molecule has 7 aromatic carbocycles. The zero-order chi connectivity index (χ0) is 29.0. The normalized spacial score (nSPS) is 12.0. The van der Waals surface area contributed by atoms with E-state index in [1.165, 1.54) is 58.5 Å². The summed E-state index contributed by atoms with van der Waals surface area (Å²) in [5, 5.41) is 7.85. The van der Waals surface area contributed by atoms with E-state index in [2.05, 4.69) is 170 Å². The molecule has 0 saturated carbocycles. The number of para-hydroxylation sites is 1. The van der Waals surface area contributed by atoms with Crippen molar-refractivity contribution in [2.45, 2.75) is 19.3 Å². The van der Waals surface area contributed by atoms with Crippen molar-refractivity contribution in [1.29, 1.82) is 0 Å². The zero-order valence-electron chi connectivity index (χ0n) is 24.3. The molecule has 0 saturated heterocycles. The van der Waals surface area contributed by atoms with E-state index < -0.39 is 0 Å². The van der Waals surface area contributed by atoms with Gasteiger partial charge >= 0.3 is 0 Å². The Hall–Kier alpha value is -4.92. The minimum atomic E-state index is -0.0906. The highest BCUT2D eigenvalue weighted by molar-refractivity contribution is 7.27. The van der Waals surface area contributed by atoms with Gasteiger partial charge in [0.1, 0.15) is 0 Å². The lowest BCUT2D eigenvalue weighted by molar-refractivity contribution is 0.641. The van der Waals surface area contributed by atoms with E-state index in [1.807, 2.05) is 11.3 Å². The maximum absolute atomic E-state index is 2.41. The first-order valence-electron chi connectivity index (χ1n) is 14.9. The smallest absolute Gasteiger partial charge is 0.0640 e. The second-order valence-electron chi connectivity index (χ2n) is 11.8. The number of thiophene rings is 1. The quantitative estimate of drug-likeness (QED) is 0.186. The summed E-state index contributed by atoms with van der Waals surface area (Å²) in [5.74, 6) is 0. The summed E-state index contributed by atoms with van der Waals surface area (Å²) in [6.45, 7) is 4.61. The maximum Gasteiger partial charge on any atom is 0.0640 e. The average molecular weight is 570 g/mol. The van der Waals surface area contributed by atoms with Crippen molar-refractivity contribution in [3.63, 3.8) is 0 Å². The molecule has 43 heavy (non-hydrogen) atoms. The van der Waals surface area contributed by atoms with Gasteiger partial charge in [-0.25, -0.2) is 0 Å². The van der Waals surface area contributed by atoms with Crippen LogP contribution in [0, 0.1) is 0 Å². The van der Waals surface area contributed by atoms with Crippen LogP contribution in [0.25, 0.3) is 41.7 Å². The predicted octanol–water partition coefficient (Wildman–Crippen LogP) is 12.2. The van der Waals surface area contributed by atoms with E-state index in [0.717, 1.165) is 11.4 Å². The van der Waals surface area contributed by atoms with Crippen LogP contribution >= 0.6 is 11.3 Å². The highest BCUT2D eigenvalue weighted by Crippen LogP contribution is 2.47. The summed E-state index contributed by atoms with van der Waals surface area (Å²) in [7, 11) is 0. The molecule has 0 spiro atoms. The molecule has 206 valence electrons. The fraction of sp³-hybridized carbons (Fsp3) is 0.0732. The van der Waals surface area contributed by atoms with Crippen LogP contribution in [0.15, 0.2) is 152 Å². The highest BCUT2D eigenvalue weighted by atomic mass is 32.1. The van der Waals surface area contributed by atoms with Crippen molar-refractivity contribution in [3.05, 3.63) is 163 Å². The molecule has 0 aliphatic carbocycles. The molecule has 8 rings (SSSR count). The molecule has 2 heteroatoms. The number of nitrogens with zero attached hydrogens (tertiary/aromatic N) is 1. The van der Waals surface area contributed by atoms with Crippen molar-refractivity contribution >= 4 is 70.1 Å². The monoisotopic (exact) mass is 569 g/mol. The molecule has 0 atom stereocenters. The van der Waals surface area contributed by atoms with Gasteiger partial charge in [-0.2, -0.15) is 0 Å². The van der Waals surface area contributed by atoms with Crippen LogP contribution in [0.1, 0.15) is 25.0 Å². The number of anilines is 3. The van der Waals surface area contributed by atoms with Gasteiger partial charge in [-0.3, -0.25) is 0 Å². The van der Waals surface area contributed by atoms with Crippen LogP contribution < -0.4 is 4.90 Å². The Morgan fingerprint density at radius 1 is 0.442 bits per heavy atom. The van der Waals surface area contributed by atoms with Crippen molar-refractivity contribution in [3.8, 4) is 0 Å². The Kier molecular flexibility index (Phi) is 6.06. The predicted molar refractivity (Wildman–Crippen MR) is 188 cm³/mol. The van der Waals surface area contributed by atoms with E-state index in [-0.39, 0.29) is 5.41 Å². The first-order valence-corrected chi connectivity index (χ1v) is 15.7. The second-order valence-corrected chi connectivity index (χ2v) is 12.8. The summed E-state index contributed by atoms with van der Waals surface area (Å²) in [6.07, 6.45) is 0. The number of hydrogen-bond acceptors (Lipinski definition) is 2. The zero-order valence-corrected chi connectivity index (χ0v) is 25.1. The average Bonchev–Trinajstić information content (AvgIpc) is 3.46. The van der Waals surface area contributed by atoms with Gasteiger partial charge in [0.05, 0.1) is 10.4 Å². The van der Waals surface area contributed by atoms with Gasteiger partial charge < -0.3 is 4.90 Å². The van der Waals surface area contributed by atoms with Gasteiger partial charge in [-0.1, -0.05) is 135 Å². The summed E-state index contributed by atoms with van der Waals surface area (Å²) in [4.78, 5) is 2.41. The van der Waals surface area contributed by atoms with Gasteiger partial charge in [-0.15, -0.1) is 11.3 Å². The standard InChI is InChI=1S/C41H31NS/c1-41(2,30-13-5-3-6-14-30)31-23-25-33(26-24-31)42(32-15-7-4-8-16-32)37-19-11-18-35-36-27-22-29-21-20-28-12-9-10-17-34(28)38(29)40(36)43-39(35)37/h3-27H,1-2H3. The SMILES string of the molecule is CC(C)(c1ccccc1)c1ccc(N(c2ccccc2)c2cccc3c2sc2c3ccc3ccc4ccccc4c32)cc1. The van der Waals surface area contributed by atoms with E-state index >= 15 is 0 Å². The molecule has 0 amide bonds. The van der Waals surface area contributed by atoms with Crippen molar-refractivity contribution in [2.24, 2.45) is 0 Å². The van der Waals surface area contributed by atoms with Gasteiger partial charge in [0, 0.05) is 37.6 Å². The van der Waals surface area contributed by atoms with Crippen LogP contribution in [0.2, 0.25) is 0 Å². The molecule has 0 bridgehead atoms. The lowest BCUT2D eigenvalue weighted by atomic mass is 9.78. The first-order chi connectivity index (χ1) is 21.1. The molecular formula is C41H31NS. The Labute approximate surface area is 256 Å². The molecule has 0 N–H and O–H groups in total. The first kappa shape index (κ1) is 25.8. The molecule has 0 radical (unpaired) electrons. The largest absolute Gasteiger partial charge is 0.309 e. The fourth-order valence-electron chi connectivity index (χ4n) is 6.56. The van der Waals surface area contributed by atoms with Crippen molar-refractivity contribution in [1.82, 2.24) is 0 Å². The lowest BCUT2D eigenvalue weighted by Crippen LogP contribution is -2.19. The van der Waals surface area contributed by atoms with E-state index in [1.54, 1.807) is 0 Å². The van der Waals surface area contributed by atoms with Gasteiger partial charge in [0.15, 0.2) is 0 Å². The van der Waals surface area contributed by atoms with E-state index in [9.17, 15) is 0 Å². The minimum Gasteiger partial charge on any atom is -0.309 e. The van der Waals surface area contributed by atoms with Crippen molar-refractivity contribution < 1.29 is 0 Å².